The van der Waals surface area contributed by atoms with Crippen molar-refractivity contribution in [1.29, 1.82) is 0 Å². The van der Waals surface area contributed by atoms with Crippen LogP contribution in [0.1, 0.15) is 40.3 Å². The van der Waals surface area contributed by atoms with Gasteiger partial charge >= 0.3 is 5.97 Å². The minimum Gasteiger partial charge on any atom is -0.478 e. The molecule has 1 saturated heterocycles. The van der Waals surface area contributed by atoms with Gasteiger partial charge in [-0.1, -0.05) is 18.2 Å². The Morgan fingerprint density at radius 2 is 2.06 bits per heavy atom. The van der Waals surface area contributed by atoms with E-state index in [0.717, 1.165) is 36.5 Å². The van der Waals surface area contributed by atoms with Crippen LogP contribution >= 0.6 is 12.2 Å². The van der Waals surface area contributed by atoms with Gasteiger partial charge in [-0.05, 0) is 75.7 Å². The Hall–Kier alpha value is -3.23. The molecule has 0 amide bonds. The highest BCUT2D eigenvalue weighted by Crippen LogP contribution is 2.40. The van der Waals surface area contributed by atoms with Crippen LogP contribution in [-0.4, -0.2) is 58.2 Å². The number of nitrogens with zero attached hydrogens (tertiary/aromatic N) is 3. The Kier molecular flexibility index (Phi) is 6.53. The molecule has 1 aliphatic rings. The lowest BCUT2D eigenvalue weighted by atomic mass is 10.0. The molecule has 2 N–H and O–H groups in total. The number of carbonyl (C=O) groups is 1. The topological polar surface area (TPSA) is 81.8 Å². The van der Waals surface area contributed by atoms with Crippen LogP contribution in [0.25, 0.3) is 11.3 Å². The average Bonchev–Trinajstić information content (AvgIpc) is 3.39. The standard InChI is InChI=1S/C24H26N4O3S/c1-27(2)13-6-14-28-22(21(26-24(28)32)18-9-3-4-12-25-18)20-11-10-19(31-20)16-7-5-8-17(15-16)23(29)30/h3-5,7-12,15,21-22H,6,13-14H2,1-2H3,(H,26,32)(H,29,30)/t21-,22-/m0/s1. The van der Waals surface area contributed by atoms with E-state index in [2.05, 4.69) is 34.2 Å². The number of carboxylic acid groups (broad SMARTS) is 1. The molecule has 3 heterocycles. The lowest BCUT2D eigenvalue weighted by Crippen LogP contribution is -2.32. The Morgan fingerprint density at radius 1 is 1.22 bits per heavy atom. The average molecular weight is 451 g/mol. The lowest BCUT2D eigenvalue weighted by molar-refractivity contribution is 0.0697. The number of hydrogen-bond acceptors (Lipinski definition) is 5. The zero-order chi connectivity index (χ0) is 22.7. The van der Waals surface area contributed by atoms with Crippen molar-refractivity contribution in [3.63, 3.8) is 0 Å². The van der Waals surface area contributed by atoms with Crippen molar-refractivity contribution in [2.45, 2.75) is 18.5 Å². The van der Waals surface area contributed by atoms with Crippen LogP contribution in [0.2, 0.25) is 0 Å². The summed E-state index contributed by atoms with van der Waals surface area (Å²) in [6.07, 6.45) is 2.73. The van der Waals surface area contributed by atoms with Gasteiger partial charge in [0.15, 0.2) is 5.11 Å². The number of aromatic carboxylic acids is 1. The number of hydrogen-bond donors (Lipinski definition) is 2. The first-order valence-corrected chi connectivity index (χ1v) is 10.9. The molecule has 8 heteroatoms. The summed E-state index contributed by atoms with van der Waals surface area (Å²) in [6, 6.07) is 16.1. The predicted octanol–water partition coefficient (Wildman–Crippen LogP) is 3.96. The van der Waals surface area contributed by atoms with Crippen molar-refractivity contribution in [2.24, 2.45) is 0 Å². The fourth-order valence-corrected chi connectivity index (χ4v) is 4.32. The number of furan rings is 1. The number of carboxylic acids is 1. The fourth-order valence-electron chi connectivity index (χ4n) is 3.98. The van der Waals surface area contributed by atoms with Crippen LogP contribution in [0, 0.1) is 0 Å². The van der Waals surface area contributed by atoms with Crippen LogP contribution in [0.15, 0.2) is 65.2 Å². The van der Waals surface area contributed by atoms with Gasteiger partial charge in [0, 0.05) is 18.3 Å². The maximum absolute atomic E-state index is 11.4. The maximum atomic E-state index is 11.4. The molecule has 0 spiro atoms. The van der Waals surface area contributed by atoms with E-state index in [1.165, 1.54) is 0 Å². The van der Waals surface area contributed by atoms with Crippen molar-refractivity contribution >= 4 is 23.3 Å². The SMILES string of the molecule is CN(C)CCCN1C(=S)N[C@@H](c2ccccn2)[C@@H]1c1ccc(-c2cccc(C(=O)O)c2)o1. The molecule has 3 aromatic rings. The van der Waals surface area contributed by atoms with Gasteiger partial charge in [0.05, 0.1) is 17.3 Å². The van der Waals surface area contributed by atoms with E-state index in [-0.39, 0.29) is 17.6 Å². The zero-order valence-corrected chi connectivity index (χ0v) is 18.9. The number of thiocarbonyl (C=S) groups is 1. The lowest BCUT2D eigenvalue weighted by Gasteiger charge is -2.26. The normalized spacial score (nSPS) is 18.2. The number of benzene rings is 1. The Labute approximate surface area is 192 Å². The highest BCUT2D eigenvalue weighted by molar-refractivity contribution is 7.80. The second kappa shape index (κ2) is 9.50. The molecule has 4 rings (SSSR count). The second-order valence-corrected chi connectivity index (χ2v) is 8.45. The van der Waals surface area contributed by atoms with Gasteiger partial charge in [-0.25, -0.2) is 4.79 Å². The number of aromatic nitrogens is 1. The summed E-state index contributed by atoms with van der Waals surface area (Å²) in [5, 5.41) is 13.4. The Bertz CT molecular complexity index is 1100. The highest BCUT2D eigenvalue weighted by Gasteiger charge is 2.41. The molecular formula is C24H26N4O3S. The fraction of sp³-hybridized carbons (Fsp3) is 0.292. The van der Waals surface area contributed by atoms with Crippen LogP contribution in [0.3, 0.4) is 0 Å². The van der Waals surface area contributed by atoms with Crippen molar-refractivity contribution < 1.29 is 14.3 Å². The molecule has 0 bridgehead atoms. The molecule has 7 nitrogen and oxygen atoms in total. The molecule has 1 aromatic carbocycles. The quantitative estimate of drug-likeness (QED) is 0.499. The number of pyridine rings is 1. The minimum atomic E-state index is -0.966. The number of nitrogens with one attached hydrogen (secondary N) is 1. The smallest absolute Gasteiger partial charge is 0.335 e. The summed E-state index contributed by atoms with van der Waals surface area (Å²) in [5.74, 6) is 0.411. The molecule has 32 heavy (non-hydrogen) atoms. The van der Waals surface area contributed by atoms with Gasteiger partial charge in [0.2, 0.25) is 0 Å². The zero-order valence-electron chi connectivity index (χ0n) is 18.1. The molecule has 1 fully saturated rings. The van der Waals surface area contributed by atoms with Crippen molar-refractivity contribution in [1.82, 2.24) is 20.1 Å². The van der Waals surface area contributed by atoms with Gasteiger partial charge in [-0.2, -0.15) is 0 Å². The molecule has 0 unspecified atom stereocenters. The van der Waals surface area contributed by atoms with Gasteiger partial charge in [0.1, 0.15) is 17.6 Å². The minimum absolute atomic E-state index is 0.146. The summed E-state index contributed by atoms with van der Waals surface area (Å²) in [6.45, 7) is 1.73. The molecule has 166 valence electrons. The predicted molar refractivity (Wildman–Crippen MR) is 126 cm³/mol. The van der Waals surface area contributed by atoms with E-state index in [1.807, 2.05) is 36.4 Å². The molecular weight excluding hydrogens is 424 g/mol. The Morgan fingerprint density at radius 3 is 2.78 bits per heavy atom. The van der Waals surface area contributed by atoms with Gasteiger partial charge in [-0.3, -0.25) is 4.98 Å². The van der Waals surface area contributed by atoms with Gasteiger partial charge in [-0.15, -0.1) is 0 Å². The monoisotopic (exact) mass is 450 g/mol. The van der Waals surface area contributed by atoms with Crippen LogP contribution < -0.4 is 5.32 Å². The summed E-state index contributed by atoms with van der Waals surface area (Å²) >= 11 is 5.69. The third-order valence-electron chi connectivity index (χ3n) is 5.51. The van der Waals surface area contributed by atoms with Gasteiger partial charge < -0.3 is 24.6 Å². The van der Waals surface area contributed by atoms with Crippen LogP contribution in [0.4, 0.5) is 0 Å². The van der Waals surface area contributed by atoms with Crippen LogP contribution in [0.5, 0.6) is 0 Å². The first-order chi connectivity index (χ1) is 15.4. The van der Waals surface area contributed by atoms with E-state index < -0.39 is 5.97 Å². The largest absolute Gasteiger partial charge is 0.478 e. The first kappa shape index (κ1) is 22.0. The van der Waals surface area contributed by atoms with Crippen LogP contribution in [-0.2, 0) is 0 Å². The molecule has 2 aromatic heterocycles. The van der Waals surface area contributed by atoms with Crippen molar-refractivity contribution in [2.75, 3.05) is 27.2 Å². The van der Waals surface area contributed by atoms with E-state index in [4.69, 9.17) is 16.6 Å². The maximum Gasteiger partial charge on any atom is 0.335 e. The molecule has 1 aliphatic heterocycles. The molecule has 0 saturated carbocycles. The molecule has 0 radical (unpaired) electrons. The third kappa shape index (κ3) is 4.66. The van der Waals surface area contributed by atoms with E-state index in [1.54, 1.807) is 24.4 Å². The summed E-state index contributed by atoms with van der Waals surface area (Å²) in [5.41, 5.74) is 1.83. The molecule has 0 aliphatic carbocycles. The van der Waals surface area contributed by atoms with Gasteiger partial charge in [0.25, 0.3) is 0 Å². The number of rotatable bonds is 8. The summed E-state index contributed by atoms with van der Waals surface area (Å²) in [7, 11) is 4.11. The summed E-state index contributed by atoms with van der Waals surface area (Å²) in [4.78, 5) is 20.2. The highest BCUT2D eigenvalue weighted by atomic mass is 32.1. The van der Waals surface area contributed by atoms with E-state index in [9.17, 15) is 9.90 Å². The van der Waals surface area contributed by atoms with E-state index in [0.29, 0.717) is 10.9 Å². The van der Waals surface area contributed by atoms with Crippen molar-refractivity contribution in [3.8, 4) is 11.3 Å². The second-order valence-electron chi connectivity index (χ2n) is 8.06. The molecule has 2 atom stereocenters. The Balaban J connectivity index is 1.67. The third-order valence-corrected chi connectivity index (χ3v) is 5.87. The summed E-state index contributed by atoms with van der Waals surface area (Å²) < 4.78 is 6.27. The van der Waals surface area contributed by atoms with Crippen molar-refractivity contribution in [3.05, 3.63) is 77.8 Å². The first-order valence-electron chi connectivity index (χ1n) is 10.5. The van der Waals surface area contributed by atoms with E-state index >= 15 is 0 Å².